The third-order valence-electron chi connectivity index (χ3n) is 5.22. The number of halogens is 1. The molecule has 0 bridgehead atoms. The van der Waals surface area contributed by atoms with Gasteiger partial charge in [0.1, 0.15) is 19.2 Å². The minimum absolute atomic E-state index is 0.372. The Hall–Kier alpha value is -1.39. The lowest BCUT2D eigenvalue weighted by Crippen LogP contribution is -2.55. The van der Waals surface area contributed by atoms with Gasteiger partial charge in [-0.05, 0) is 37.0 Å². The number of hydrogen-bond donors (Lipinski definition) is 1. The van der Waals surface area contributed by atoms with Crippen LogP contribution in [-0.2, 0) is 17.9 Å². The molecule has 3 rings (SSSR count). The molecule has 0 spiro atoms. The van der Waals surface area contributed by atoms with Gasteiger partial charge in [-0.1, -0.05) is 54.1 Å². The summed E-state index contributed by atoms with van der Waals surface area (Å²) in [7, 11) is 0. The number of benzene rings is 2. The summed E-state index contributed by atoms with van der Waals surface area (Å²) in [5, 5.41) is 11.3. The van der Waals surface area contributed by atoms with Crippen molar-refractivity contribution in [3.63, 3.8) is 0 Å². The Labute approximate surface area is 161 Å². The van der Waals surface area contributed by atoms with Crippen molar-refractivity contribution in [2.45, 2.75) is 38.5 Å². The first-order chi connectivity index (χ1) is 12.7. The van der Waals surface area contributed by atoms with Gasteiger partial charge in [0.15, 0.2) is 0 Å². The first-order valence-corrected chi connectivity index (χ1v) is 9.92. The first-order valence-electron chi connectivity index (χ1n) is 9.55. The third kappa shape index (κ3) is 5.82. The van der Waals surface area contributed by atoms with Crippen LogP contribution in [0.2, 0.25) is 5.02 Å². The van der Waals surface area contributed by atoms with Gasteiger partial charge in [0, 0.05) is 10.6 Å². The molecule has 0 amide bonds. The highest BCUT2D eigenvalue weighted by molar-refractivity contribution is 6.30. The van der Waals surface area contributed by atoms with E-state index in [1.54, 1.807) is 0 Å². The van der Waals surface area contributed by atoms with Crippen LogP contribution in [0.1, 0.15) is 30.4 Å². The van der Waals surface area contributed by atoms with Gasteiger partial charge < -0.3 is 14.3 Å². The standard InChI is InChI=1S/C22H29ClNO2/c23-21-11-9-20(10-12-21)17-26-18-22(25)16-24(13-5-2-6-14-24)15-19-7-3-1-4-8-19/h1,3-4,7-12,22,25H,2,5-6,13-18H2/q+1/t22-/m0/s1. The molecular formula is C22H29ClNO2+. The SMILES string of the molecule is O[C@H](COCc1ccc(Cl)cc1)C[N+]1(Cc2ccccc2)CCCCC1. The zero-order valence-electron chi connectivity index (χ0n) is 15.3. The van der Waals surface area contributed by atoms with E-state index in [9.17, 15) is 5.11 Å². The van der Waals surface area contributed by atoms with Crippen molar-refractivity contribution < 1.29 is 14.3 Å². The van der Waals surface area contributed by atoms with Gasteiger partial charge in [0.05, 0.1) is 26.3 Å². The molecule has 1 aliphatic heterocycles. The second kappa shape index (κ2) is 9.52. The zero-order chi connectivity index (χ0) is 18.2. The third-order valence-corrected chi connectivity index (χ3v) is 5.47. The molecule has 1 heterocycles. The second-order valence-corrected chi connectivity index (χ2v) is 7.91. The summed E-state index contributed by atoms with van der Waals surface area (Å²) >= 11 is 5.90. The fraction of sp³-hybridized carbons (Fsp3) is 0.455. The monoisotopic (exact) mass is 374 g/mol. The number of rotatable bonds is 8. The lowest BCUT2D eigenvalue weighted by molar-refractivity contribution is -0.947. The number of nitrogens with zero attached hydrogens (tertiary/aromatic N) is 1. The van der Waals surface area contributed by atoms with Gasteiger partial charge in [0.25, 0.3) is 0 Å². The predicted molar refractivity (Wildman–Crippen MR) is 106 cm³/mol. The van der Waals surface area contributed by atoms with Crippen molar-refractivity contribution >= 4 is 11.6 Å². The van der Waals surface area contributed by atoms with E-state index in [0.717, 1.165) is 41.2 Å². The molecule has 0 radical (unpaired) electrons. The Morgan fingerprint density at radius 3 is 2.31 bits per heavy atom. The van der Waals surface area contributed by atoms with Crippen molar-refractivity contribution in [2.24, 2.45) is 0 Å². The van der Waals surface area contributed by atoms with Crippen molar-refractivity contribution in [2.75, 3.05) is 26.2 Å². The Morgan fingerprint density at radius 2 is 1.62 bits per heavy atom. The highest BCUT2D eigenvalue weighted by Gasteiger charge is 2.32. The van der Waals surface area contributed by atoms with E-state index >= 15 is 0 Å². The summed E-state index contributed by atoms with van der Waals surface area (Å²) in [5.74, 6) is 0. The van der Waals surface area contributed by atoms with Gasteiger partial charge in [-0.2, -0.15) is 0 Å². The molecule has 1 N–H and O–H groups in total. The van der Waals surface area contributed by atoms with Crippen molar-refractivity contribution in [3.05, 3.63) is 70.7 Å². The van der Waals surface area contributed by atoms with Crippen LogP contribution in [0, 0.1) is 0 Å². The summed E-state index contributed by atoms with van der Waals surface area (Å²) in [6.07, 6.45) is 3.35. The average Bonchev–Trinajstić information content (AvgIpc) is 2.65. The van der Waals surface area contributed by atoms with Crippen LogP contribution in [-0.4, -0.2) is 41.9 Å². The van der Waals surface area contributed by atoms with E-state index in [0.29, 0.717) is 13.2 Å². The molecule has 0 aromatic heterocycles. The lowest BCUT2D eigenvalue weighted by Gasteiger charge is -2.42. The van der Waals surface area contributed by atoms with Gasteiger partial charge in [-0.25, -0.2) is 0 Å². The minimum atomic E-state index is -0.441. The highest BCUT2D eigenvalue weighted by atomic mass is 35.5. The summed E-state index contributed by atoms with van der Waals surface area (Å²) < 4.78 is 6.72. The minimum Gasteiger partial charge on any atom is -0.385 e. The van der Waals surface area contributed by atoms with Gasteiger partial charge in [-0.15, -0.1) is 0 Å². The van der Waals surface area contributed by atoms with Gasteiger partial charge in [-0.3, -0.25) is 0 Å². The van der Waals surface area contributed by atoms with Crippen LogP contribution in [0.3, 0.4) is 0 Å². The number of piperidine rings is 1. The largest absolute Gasteiger partial charge is 0.385 e. The summed E-state index contributed by atoms with van der Waals surface area (Å²) in [5.41, 5.74) is 2.43. The highest BCUT2D eigenvalue weighted by Crippen LogP contribution is 2.23. The molecule has 1 fully saturated rings. The number of ether oxygens (including phenoxy) is 1. The molecule has 0 saturated carbocycles. The maximum Gasteiger partial charge on any atom is 0.126 e. The topological polar surface area (TPSA) is 29.5 Å². The first kappa shape index (κ1) is 19.4. The molecule has 140 valence electrons. The van der Waals surface area contributed by atoms with Crippen molar-refractivity contribution in [3.8, 4) is 0 Å². The fourth-order valence-electron chi connectivity index (χ4n) is 3.95. The van der Waals surface area contributed by atoms with E-state index in [2.05, 4.69) is 30.3 Å². The molecule has 1 atom stereocenters. The van der Waals surface area contributed by atoms with Crippen LogP contribution in [0.4, 0.5) is 0 Å². The summed E-state index contributed by atoms with van der Waals surface area (Å²) in [6, 6.07) is 18.3. The molecular weight excluding hydrogens is 346 g/mol. The number of hydrogen-bond acceptors (Lipinski definition) is 2. The summed E-state index contributed by atoms with van der Waals surface area (Å²) in [4.78, 5) is 0. The smallest absolute Gasteiger partial charge is 0.126 e. The quantitative estimate of drug-likeness (QED) is 0.693. The average molecular weight is 375 g/mol. The number of aliphatic hydroxyl groups excluding tert-OH is 1. The van der Waals surface area contributed by atoms with E-state index < -0.39 is 6.10 Å². The fourth-order valence-corrected chi connectivity index (χ4v) is 4.08. The molecule has 0 unspecified atom stereocenters. The molecule has 3 nitrogen and oxygen atoms in total. The number of aliphatic hydroxyl groups is 1. The van der Waals surface area contributed by atoms with Crippen LogP contribution in [0.15, 0.2) is 54.6 Å². The van der Waals surface area contributed by atoms with Gasteiger partial charge in [0.2, 0.25) is 0 Å². The molecule has 0 aliphatic carbocycles. The molecule has 1 saturated heterocycles. The Balaban J connectivity index is 1.53. The lowest BCUT2D eigenvalue weighted by atomic mass is 10.0. The Morgan fingerprint density at radius 1 is 0.923 bits per heavy atom. The Kier molecular flexibility index (Phi) is 7.09. The van der Waals surface area contributed by atoms with E-state index in [4.69, 9.17) is 16.3 Å². The van der Waals surface area contributed by atoms with E-state index in [1.807, 2.05) is 24.3 Å². The Bertz CT molecular complexity index is 654. The van der Waals surface area contributed by atoms with Crippen LogP contribution in [0.25, 0.3) is 0 Å². The van der Waals surface area contributed by atoms with Crippen LogP contribution < -0.4 is 0 Å². The number of likely N-dealkylation sites (tertiary alicyclic amines) is 1. The van der Waals surface area contributed by atoms with E-state index in [-0.39, 0.29) is 0 Å². The normalized spacial score (nSPS) is 17.8. The zero-order valence-corrected chi connectivity index (χ0v) is 16.1. The molecule has 2 aromatic rings. The molecule has 4 heteroatoms. The predicted octanol–water partition coefficient (Wildman–Crippen LogP) is 4.42. The van der Waals surface area contributed by atoms with Gasteiger partial charge >= 0.3 is 0 Å². The van der Waals surface area contributed by atoms with Crippen molar-refractivity contribution in [1.82, 2.24) is 0 Å². The van der Waals surface area contributed by atoms with Crippen LogP contribution >= 0.6 is 11.6 Å². The summed E-state index contributed by atoms with van der Waals surface area (Å²) in [6.45, 7) is 4.92. The molecule has 2 aromatic carbocycles. The van der Waals surface area contributed by atoms with E-state index in [1.165, 1.54) is 24.8 Å². The van der Waals surface area contributed by atoms with Crippen molar-refractivity contribution in [1.29, 1.82) is 0 Å². The maximum atomic E-state index is 10.6. The number of quaternary nitrogens is 1. The molecule has 1 aliphatic rings. The maximum absolute atomic E-state index is 10.6. The second-order valence-electron chi connectivity index (χ2n) is 7.47. The van der Waals surface area contributed by atoms with Crippen LogP contribution in [0.5, 0.6) is 0 Å². The molecule has 26 heavy (non-hydrogen) atoms.